The van der Waals surface area contributed by atoms with Crippen LogP contribution in [0.4, 0.5) is 0 Å². The summed E-state index contributed by atoms with van der Waals surface area (Å²) in [4.78, 5) is 0. The third kappa shape index (κ3) is 1.50. The topological polar surface area (TPSA) is 0 Å². The Morgan fingerprint density at radius 2 is 1.24 bits per heavy atom. The van der Waals surface area contributed by atoms with E-state index in [2.05, 4.69) is 27.7 Å². The molecular weight excluding hydrogens is 300 g/mol. The average Bonchev–Trinajstić information content (AvgIpc) is 3.40. The molecule has 0 aliphatic heterocycles. The molecular formula is C25H42. The Morgan fingerprint density at radius 1 is 0.680 bits per heavy atom. The highest BCUT2D eigenvalue weighted by atomic mass is 14.9. The second-order valence-electron chi connectivity index (χ2n) is 11.4. The predicted molar refractivity (Wildman–Crippen MR) is 106 cm³/mol. The normalized spacial score (nSPS) is 63.8. The van der Waals surface area contributed by atoms with Crippen LogP contribution in [0.1, 0.15) is 92.9 Å². The largest absolute Gasteiger partial charge is 0.0683 e. The standard InChI is InChI=1S/C23H36.C2H6/c1-13-15-12-18(21(13,2)14-8-5-6-9-14)20-19(15)22(3)16-10-7-11-17(16)23(20,22)4;1-2/h13-20H,5-12H2,1-4H3;1-2H3. The maximum atomic E-state index is 2.76. The third-order valence-corrected chi connectivity index (χ3v) is 12.1. The molecule has 6 aliphatic rings. The first-order valence-corrected chi connectivity index (χ1v) is 12.0. The lowest BCUT2D eigenvalue weighted by molar-refractivity contribution is -0.370. The lowest BCUT2D eigenvalue weighted by Crippen LogP contribution is -2.80. The molecule has 0 heteroatoms. The molecule has 10 unspecified atom stereocenters. The molecule has 0 aromatic rings. The van der Waals surface area contributed by atoms with Crippen LogP contribution in [0.5, 0.6) is 0 Å². The van der Waals surface area contributed by atoms with Gasteiger partial charge in [0.1, 0.15) is 0 Å². The second kappa shape index (κ2) is 5.08. The first kappa shape index (κ1) is 17.1. The van der Waals surface area contributed by atoms with Gasteiger partial charge in [-0.2, -0.15) is 0 Å². The average molecular weight is 343 g/mol. The molecule has 0 radical (unpaired) electrons. The molecule has 10 atom stereocenters. The SMILES string of the molecule is CC.CC1C2CC(C3C2C2(C)C4CCCC4C32C)C1(C)C1CCCC1. The fourth-order valence-corrected chi connectivity index (χ4v) is 11.1. The van der Waals surface area contributed by atoms with E-state index in [4.69, 9.17) is 0 Å². The van der Waals surface area contributed by atoms with Gasteiger partial charge in [-0.25, -0.2) is 0 Å². The summed E-state index contributed by atoms with van der Waals surface area (Å²) in [6.07, 6.45) is 12.5. The van der Waals surface area contributed by atoms with E-state index in [1.807, 2.05) is 13.8 Å². The molecule has 0 N–H and O–H groups in total. The number of hydrogen-bond acceptors (Lipinski definition) is 0. The zero-order chi connectivity index (χ0) is 17.8. The fraction of sp³-hybridized carbons (Fsp3) is 1.00. The highest BCUT2D eigenvalue weighted by molar-refractivity contribution is 5.34. The van der Waals surface area contributed by atoms with E-state index in [1.165, 1.54) is 12.8 Å². The third-order valence-electron chi connectivity index (χ3n) is 12.1. The summed E-state index contributed by atoms with van der Waals surface area (Å²) in [5.41, 5.74) is 2.21. The van der Waals surface area contributed by atoms with Gasteiger partial charge < -0.3 is 0 Å². The van der Waals surface area contributed by atoms with E-state index < -0.39 is 0 Å². The summed E-state index contributed by atoms with van der Waals surface area (Å²) in [5, 5.41) is 0. The van der Waals surface area contributed by atoms with Gasteiger partial charge in [-0.15, -0.1) is 0 Å². The van der Waals surface area contributed by atoms with Crippen molar-refractivity contribution < 1.29 is 0 Å². The summed E-state index contributed by atoms with van der Waals surface area (Å²) in [5.74, 6) is 8.77. The molecule has 6 saturated carbocycles. The molecule has 0 aromatic heterocycles. The van der Waals surface area contributed by atoms with Crippen molar-refractivity contribution in [2.45, 2.75) is 92.9 Å². The van der Waals surface area contributed by atoms with E-state index in [1.54, 1.807) is 38.5 Å². The van der Waals surface area contributed by atoms with Gasteiger partial charge in [-0.05, 0) is 95.7 Å². The van der Waals surface area contributed by atoms with Gasteiger partial charge in [0.05, 0.1) is 0 Å². The predicted octanol–water partition coefficient (Wildman–Crippen LogP) is 7.18. The minimum Gasteiger partial charge on any atom is -0.0683 e. The Kier molecular flexibility index (Phi) is 3.48. The maximum Gasteiger partial charge on any atom is -0.0201 e. The van der Waals surface area contributed by atoms with Gasteiger partial charge in [-0.3, -0.25) is 0 Å². The molecule has 6 fully saturated rings. The quantitative estimate of drug-likeness (QED) is 0.473. The van der Waals surface area contributed by atoms with Crippen molar-refractivity contribution in [1.29, 1.82) is 0 Å². The van der Waals surface area contributed by atoms with Crippen molar-refractivity contribution >= 4 is 0 Å². The fourth-order valence-electron chi connectivity index (χ4n) is 11.1. The highest BCUT2D eigenvalue weighted by Gasteiger charge is 2.87. The van der Waals surface area contributed by atoms with Gasteiger partial charge in [0, 0.05) is 0 Å². The highest BCUT2D eigenvalue weighted by Crippen LogP contribution is 2.92. The molecule has 0 aromatic carbocycles. The van der Waals surface area contributed by atoms with Crippen molar-refractivity contribution in [1.82, 2.24) is 0 Å². The van der Waals surface area contributed by atoms with Crippen LogP contribution in [-0.4, -0.2) is 0 Å². The van der Waals surface area contributed by atoms with Crippen LogP contribution in [0, 0.1) is 63.6 Å². The van der Waals surface area contributed by atoms with E-state index in [-0.39, 0.29) is 0 Å². The Labute approximate surface area is 156 Å². The van der Waals surface area contributed by atoms with E-state index in [0.717, 1.165) is 58.2 Å². The molecule has 0 saturated heterocycles. The molecule has 0 nitrogen and oxygen atoms in total. The summed E-state index contributed by atoms with van der Waals surface area (Å²) < 4.78 is 0. The number of rotatable bonds is 1. The van der Waals surface area contributed by atoms with Crippen molar-refractivity contribution in [2.24, 2.45) is 63.6 Å². The van der Waals surface area contributed by atoms with Crippen LogP contribution in [-0.2, 0) is 0 Å². The van der Waals surface area contributed by atoms with Crippen molar-refractivity contribution in [2.75, 3.05) is 0 Å². The van der Waals surface area contributed by atoms with Crippen LogP contribution >= 0.6 is 0 Å². The van der Waals surface area contributed by atoms with Crippen LogP contribution in [0.2, 0.25) is 0 Å². The number of fused-ring (bicyclic) bond motifs is 11. The zero-order valence-corrected chi connectivity index (χ0v) is 17.8. The van der Waals surface area contributed by atoms with Gasteiger partial charge in [0.15, 0.2) is 0 Å². The first-order valence-electron chi connectivity index (χ1n) is 12.0. The van der Waals surface area contributed by atoms with Crippen LogP contribution in [0.15, 0.2) is 0 Å². The maximum absolute atomic E-state index is 2.76. The van der Waals surface area contributed by atoms with Gasteiger partial charge >= 0.3 is 0 Å². The van der Waals surface area contributed by atoms with Crippen molar-refractivity contribution in [3.05, 3.63) is 0 Å². The number of hydrogen-bond donors (Lipinski definition) is 0. The lowest BCUT2D eigenvalue weighted by atomic mass is 9.20. The molecule has 6 aliphatic carbocycles. The molecule has 25 heavy (non-hydrogen) atoms. The minimum atomic E-state index is 0.705. The molecule has 0 spiro atoms. The van der Waals surface area contributed by atoms with Crippen LogP contribution in [0.3, 0.4) is 0 Å². The van der Waals surface area contributed by atoms with E-state index >= 15 is 0 Å². The molecule has 6 rings (SSSR count). The Bertz CT molecular complexity index is 558. The van der Waals surface area contributed by atoms with Gasteiger partial charge in [0.2, 0.25) is 0 Å². The zero-order valence-electron chi connectivity index (χ0n) is 17.8. The van der Waals surface area contributed by atoms with Crippen molar-refractivity contribution in [3.8, 4) is 0 Å². The van der Waals surface area contributed by atoms with Gasteiger partial charge in [-0.1, -0.05) is 60.8 Å². The van der Waals surface area contributed by atoms with Gasteiger partial charge in [0.25, 0.3) is 0 Å². The lowest BCUT2D eigenvalue weighted by Gasteiger charge is -2.84. The summed E-state index contributed by atoms with van der Waals surface area (Å²) in [6.45, 7) is 15.0. The Morgan fingerprint density at radius 3 is 1.84 bits per heavy atom. The first-order chi connectivity index (χ1) is 12.0. The molecule has 0 amide bonds. The minimum absolute atomic E-state index is 0.705. The summed E-state index contributed by atoms with van der Waals surface area (Å²) in [6, 6.07) is 0. The van der Waals surface area contributed by atoms with Crippen LogP contribution < -0.4 is 0 Å². The van der Waals surface area contributed by atoms with Crippen LogP contribution in [0.25, 0.3) is 0 Å². The van der Waals surface area contributed by atoms with Crippen molar-refractivity contribution in [3.63, 3.8) is 0 Å². The summed E-state index contributed by atoms with van der Waals surface area (Å²) >= 11 is 0. The molecule has 2 bridgehead atoms. The Balaban J connectivity index is 0.000000679. The molecule has 0 heterocycles. The Hall–Kier alpha value is 0. The smallest absolute Gasteiger partial charge is 0.0201 e. The second-order valence-corrected chi connectivity index (χ2v) is 11.4. The van der Waals surface area contributed by atoms with E-state index in [0.29, 0.717) is 5.41 Å². The monoisotopic (exact) mass is 342 g/mol. The van der Waals surface area contributed by atoms with E-state index in [9.17, 15) is 0 Å². The molecule has 142 valence electrons. The summed E-state index contributed by atoms with van der Waals surface area (Å²) in [7, 11) is 0.